The zero-order valence-corrected chi connectivity index (χ0v) is 10.9. The standard InChI is InChI=1S/C12H12INO/c1-8(2)14-6-11(13)10-4-3-9(7-15)5-12(10)14/h3-8H,1-2H3. The lowest BCUT2D eigenvalue weighted by Crippen LogP contribution is -1.98. The molecule has 0 fully saturated rings. The van der Waals surface area contributed by atoms with Crippen LogP contribution < -0.4 is 0 Å². The number of carbonyl (C=O) groups excluding carboxylic acids is 1. The zero-order chi connectivity index (χ0) is 11.0. The van der Waals surface area contributed by atoms with Crippen molar-refractivity contribution in [3.63, 3.8) is 0 Å². The van der Waals surface area contributed by atoms with Crippen LogP contribution in [0.25, 0.3) is 10.9 Å². The van der Waals surface area contributed by atoms with Crippen LogP contribution in [0, 0.1) is 3.57 Å². The summed E-state index contributed by atoms with van der Waals surface area (Å²) in [4.78, 5) is 10.7. The molecule has 0 aliphatic heterocycles. The van der Waals surface area contributed by atoms with Gasteiger partial charge in [-0.1, -0.05) is 12.1 Å². The van der Waals surface area contributed by atoms with Gasteiger partial charge in [-0.25, -0.2) is 0 Å². The molecule has 0 atom stereocenters. The fourth-order valence-corrected chi connectivity index (χ4v) is 2.48. The summed E-state index contributed by atoms with van der Waals surface area (Å²) in [5.41, 5.74) is 1.87. The van der Waals surface area contributed by atoms with Crippen LogP contribution in [0.5, 0.6) is 0 Å². The van der Waals surface area contributed by atoms with Gasteiger partial charge in [0.2, 0.25) is 0 Å². The highest BCUT2D eigenvalue weighted by atomic mass is 127. The molecule has 0 aliphatic carbocycles. The average Bonchev–Trinajstić information content (AvgIpc) is 2.56. The van der Waals surface area contributed by atoms with Crippen molar-refractivity contribution in [3.8, 4) is 0 Å². The van der Waals surface area contributed by atoms with Crippen molar-refractivity contribution >= 4 is 39.8 Å². The maximum Gasteiger partial charge on any atom is 0.150 e. The van der Waals surface area contributed by atoms with Gasteiger partial charge in [-0.3, -0.25) is 4.79 Å². The Morgan fingerprint density at radius 2 is 2.13 bits per heavy atom. The van der Waals surface area contributed by atoms with Gasteiger partial charge in [0, 0.05) is 26.8 Å². The van der Waals surface area contributed by atoms with Crippen molar-refractivity contribution in [3.05, 3.63) is 33.5 Å². The number of hydrogen-bond donors (Lipinski definition) is 0. The number of hydrogen-bond acceptors (Lipinski definition) is 1. The summed E-state index contributed by atoms with van der Waals surface area (Å²) >= 11 is 2.33. The molecule has 1 heterocycles. The smallest absolute Gasteiger partial charge is 0.150 e. The van der Waals surface area contributed by atoms with Gasteiger partial charge in [-0.2, -0.15) is 0 Å². The number of halogens is 1. The van der Waals surface area contributed by atoms with Crippen LogP contribution in [-0.4, -0.2) is 10.9 Å². The summed E-state index contributed by atoms with van der Waals surface area (Å²) in [6.45, 7) is 4.28. The van der Waals surface area contributed by atoms with Crippen molar-refractivity contribution in [2.75, 3.05) is 0 Å². The van der Waals surface area contributed by atoms with Gasteiger partial charge < -0.3 is 4.57 Å². The zero-order valence-electron chi connectivity index (χ0n) is 8.70. The van der Waals surface area contributed by atoms with Gasteiger partial charge in [-0.15, -0.1) is 0 Å². The van der Waals surface area contributed by atoms with Crippen molar-refractivity contribution < 1.29 is 4.79 Å². The van der Waals surface area contributed by atoms with E-state index >= 15 is 0 Å². The van der Waals surface area contributed by atoms with Gasteiger partial charge in [0.15, 0.2) is 0 Å². The number of carbonyl (C=O) groups is 1. The second-order valence-corrected chi connectivity index (χ2v) is 5.03. The molecule has 2 rings (SSSR count). The summed E-state index contributed by atoms with van der Waals surface area (Å²) in [7, 11) is 0. The van der Waals surface area contributed by atoms with E-state index in [9.17, 15) is 4.79 Å². The van der Waals surface area contributed by atoms with E-state index in [4.69, 9.17) is 0 Å². The molecule has 0 bridgehead atoms. The van der Waals surface area contributed by atoms with E-state index in [-0.39, 0.29) is 0 Å². The van der Waals surface area contributed by atoms with E-state index < -0.39 is 0 Å². The Labute approximate surface area is 102 Å². The van der Waals surface area contributed by atoms with Crippen molar-refractivity contribution in [2.24, 2.45) is 0 Å². The second-order valence-electron chi connectivity index (χ2n) is 3.87. The Bertz CT molecular complexity index is 514. The highest BCUT2D eigenvalue weighted by Crippen LogP contribution is 2.26. The minimum atomic E-state index is 0.415. The fraction of sp³-hybridized carbons (Fsp3) is 0.250. The normalized spacial score (nSPS) is 11.2. The molecule has 2 nitrogen and oxygen atoms in total. The molecular formula is C12H12INO. The van der Waals surface area contributed by atoms with E-state index in [2.05, 4.69) is 47.2 Å². The predicted molar refractivity (Wildman–Crippen MR) is 70.4 cm³/mol. The topological polar surface area (TPSA) is 22.0 Å². The summed E-state index contributed by atoms with van der Waals surface area (Å²) < 4.78 is 3.43. The molecule has 0 amide bonds. The van der Waals surface area contributed by atoms with Crippen LogP contribution in [-0.2, 0) is 0 Å². The molecule has 2 aromatic rings. The van der Waals surface area contributed by atoms with Gasteiger partial charge in [0.05, 0.1) is 5.52 Å². The van der Waals surface area contributed by atoms with Crippen LogP contribution in [0.2, 0.25) is 0 Å². The minimum Gasteiger partial charge on any atom is -0.344 e. The van der Waals surface area contributed by atoms with Crippen molar-refractivity contribution in [2.45, 2.75) is 19.9 Å². The Kier molecular flexibility index (Phi) is 2.82. The van der Waals surface area contributed by atoms with Gasteiger partial charge in [0.1, 0.15) is 6.29 Å². The minimum absolute atomic E-state index is 0.415. The summed E-state index contributed by atoms with van der Waals surface area (Å²) in [6, 6.07) is 6.24. The van der Waals surface area contributed by atoms with Gasteiger partial charge >= 0.3 is 0 Å². The third-order valence-electron chi connectivity index (χ3n) is 2.50. The van der Waals surface area contributed by atoms with Crippen LogP contribution in [0.4, 0.5) is 0 Å². The lowest BCUT2D eigenvalue weighted by atomic mass is 10.2. The number of benzene rings is 1. The molecule has 78 valence electrons. The molecule has 15 heavy (non-hydrogen) atoms. The first-order valence-electron chi connectivity index (χ1n) is 4.88. The molecule has 0 spiro atoms. The highest BCUT2D eigenvalue weighted by molar-refractivity contribution is 14.1. The van der Waals surface area contributed by atoms with Crippen LogP contribution >= 0.6 is 22.6 Å². The molecule has 0 aliphatic rings. The molecule has 0 N–H and O–H groups in total. The Hall–Kier alpha value is -0.840. The molecule has 1 aromatic carbocycles. The lowest BCUT2D eigenvalue weighted by Gasteiger charge is -2.08. The third kappa shape index (κ3) is 1.80. The van der Waals surface area contributed by atoms with Crippen molar-refractivity contribution in [1.29, 1.82) is 0 Å². The molecule has 1 aromatic heterocycles. The predicted octanol–water partition coefficient (Wildman–Crippen LogP) is 3.64. The average molecular weight is 313 g/mol. The number of nitrogens with zero attached hydrogens (tertiary/aromatic N) is 1. The summed E-state index contributed by atoms with van der Waals surface area (Å²) in [5.74, 6) is 0. The van der Waals surface area contributed by atoms with E-state index in [1.54, 1.807) is 0 Å². The van der Waals surface area contributed by atoms with Gasteiger partial charge in [0.25, 0.3) is 0 Å². The van der Waals surface area contributed by atoms with Crippen LogP contribution in [0.1, 0.15) is 30.2 Å². The quantitative estimate of drug-likeness (QED) is 0.613. The maximum atomic E-state index is 10.7. The molecule has 0 saturated carbocycles. The van der Waals surface area contributed by atoms with E-state index in [0.717, 1.165) is 17.4 Å². The van der Waals surface area contributed by atoms with Gasteiger partial charge in [-0.05, 0) is 42.5 Å². The summed E-state index contributed by atoms with van der Waals surface area (Å²) in [6.07, 6.45) is 3.02. The molecule has 0 saturated heterocycles. The number of aromatic nitrogens is 1. The van der Waals surface area contributed by atoms with E-state index in [1.165, 1.54) is 8.96 Å². The Morgan fingerprint density at radius 3 is 2.73 bits per heavy atom. The first-order valence-corrected chi connectivity index (χ1v) is 5.96. The number of rotatable bonds is 2. The molecule has 0 unspecified atom stereocenters. The SMILES string of the molecule is CC(C)n1cc(I)c2ccc(C=O)cc21. The first kappa shape index (κ1) is 10.7. The first-order chi connectivity index (χ1) is 7.13. The highest BCUT2D eigenvalue weighted by Gasteiger charge is 2.08. The maximum absolute atomic E-state index is 10.7. The molecule has 0 radical (unpaired) electrons. The molecule has 3 heteroatoms. The number of fused-ring (bicyclic) bond motifs is 1. The Morgan fingerprint density at radius 1 is 1.40 bits per heavy atom. The second kappa shape index (κ2) is 3.96. The van der Waals surface area contributed by atoms with Crippen molar-refractivity contribution in [1.82, 2.24) is 4.57 Å². The lowest BCUT2D eigenvalue weighted by molar-refractivity contribution is 0.112. The third-order valence-corrected chi connectivity index (χ3v) is 3.36. The van der Waals surface area contributed by atoms with Crippen LogP contribution in [0.3, 0.4) is 0 Å². The summed E-state index contributed by atoms with van der Waals surface area (Å²) in [5, 5.41) is 1.22. The monoisotopic (exact) mass is 313 g/mol. The largest absolute Gasteiger partial charge is 0.344 e. The van der Waals surface area contributed by atoms with E-state index in [1.807, 2.05) is 18.2 Å². The van der Waals surface area contributed by atoms with Crippen LogP contribution in [0.15, 0.2) is 24.4 Å². The Balaban J connectivity index is 2.77. The molecular weight excluding hydrogens is 301 g/mol. The van der Waals surface area contributed by atoms with E-state index in [0.29, 0.717) is 6.04 Å². The fourth-order valence-electron chi connectivity index (χ4n) is 1.73. The number of aldehydes is 1.